The number of carbonyl (C=O) groups excluding carboxylic acids is 1. The molecule has 3 atom stereocenters. The number of rotatable bonds is 7. The first-order valence-electron chi connectivity index (χ1n) is 5.78. The van der Waals surface area contributed by atoms with Crippen LogP contribution in [0.3, 0.4) is 0 Å². The highest BCUT2D eigenvalue weighted by Gasteiger charge is 2.29. The molecule has 19 heavy (non-hydrogen) atoms. The molecular weight excluding hydrogens is 252 g/mol. The van der Waals surface area contributed by atoms with Crippen LogP contribution >= 0.6 is 0 Å². The standard InChI is InChI=1S/C12H18N2O5/c15-7-9(16)10(17)11(18)12(19)14-13-6-8-4-2-1-3-5-8/h1-5,9-11,13,15-18H,6-7H2,(H,14,19). The molecule has 0 saturated heterocycles. The van der Waals surface area contributed by atoms with Gasteiger partial charge in [-0.1, -0.05) is 30.3 Å². The number of carbonyl (C=O) groups is 1. The number of aliphatic hydroxyl groups excluding tert-OH is 4. The fraction of sp³-hybridized carbons (Fsp3) is 0.417. The first-order valence-corrected chi connectivity index (χ1v) is 5.78. The Morgan fingerprint density at radius 3 is 2.37 bits per heavy atom. The van der Waals surface area contributed by atoms with Gasteiger partial charge >= 0.3 is 0 Å². The number of hydrogen-bond donors (Lipinski definition) is 6. The minimum Gasteiger partial charge on any atom is -0.394 e. The van der Waals surface area contributed by atoms with Gasteiger partial charge in [-0.3, -0.25) is 10.2 Å². The summed E-state index contributed by atoms with van der Waals surface area (Å²) in [6.07, 6.45) is -5.15. The molecule has 3 unspecified atom stereocenters. The largest absolute Gasteiger partial charge is 0.394 e. The van der Waals surface area contributed by atoms with E-state index in [1.807, 2.05) is 30.3 Å². The molecule has 0 fully saturated rings. The Balaban J connectivity index is 2.35. The predicted molar refractivity (Wildman–Crippen MR) is 66.5 cm³/mol. The van der Waals surface area contributed by atoms with Crippen LogP contribution < -0.4 is 10.9 Å². The van der Waals surface area contributed by atoms with Crippen molar-refractivity contribution in [1.29, 1.82) is 0 Å². The van der Waals surface area contributed by atoms with E-state index in [-0.39, 0.29) is 0 Å². The van der Waals surface area contributed by atoms with Crippen molar-refractivity contribution in [1.82, 2.24) is 10.9 Å². The molecule has 0 aromatic heterocycles. The Morgan fingerprint density at radius 1 is 1.16 bits per heavy atom. The van der Waals surface area contributed by atoms with Crippen molar-refractivity contribution in [3.8, 4) is 0 Å². The summed E-state index contributed by atoms with van der Waals surface area (Å²) >= 11 is 0. The molecule has 7 heteroatoms. The summed E-state index contributed by atoms with van der Waals surface area (Å²) in [5.74, 6) is -0.893. The van der Waals surface area contributed by atoms with Crippen LogP contribution in [0.25, 0.3) is 0 Å². The number of nitrogens with one attached hydrogen (secondary N) is 2. The molecule has 0 radical (unpaired) electrons. The summed E-state index contributed by atoms with van der Waals surface area (Å²) in [4.78, 5) is 11.4. The third kappa shape index (κ3) is 4.93. The van der Waals surface area contributed by atoms with Crippen molar-refractivity contribution in [2.45, 2.75) is 24.9 Å². The summed E-state index contributed by atoms with van der Waals surface area (Å²) in [5.41, 5.74) is 5.70. The van der Waals surface area contributed by atoms with Crippen LogP contribution in [0, 0.1) is 0 Å². The van der Waals surface area contributed by atoms with Gasteiger partial charge in [-0.05, 0) is 5.56 Å². The summed E-state index contributed by atoms with van der Waals surface area (Å²) in [5, 5.41) is 36.4. The molecule has 1 aromatic carbocycles. The molecule has 0 aliphatic carbocycles. The molecule has 0 spiro atoms. The number of amides is 1. The summed E-state index contributed by atoms with van der Waals surface area (Å²) in [6.45, 7) is -0.402. The Bertz CT molecular complexity index is 387. The SMILES string of the molecule is O=C(NNCc1ccccc1)C(O)C(O)C(O)CO. The summed E-state index contributed by atoms with van der Waals surface area (Å²) in [6, 6.07) is 9.24. The Labute approximate surface area is 110 Å². The average molecular weight is 270 g/mol. The van der Waals surface area contributed by atoms with Gasteiger partial charge in [-0.25, -0.2) is 5.43 Å². The summed E-state index contributed by atoms with van der Waals surface area (Å²) in [7, 11) is 0. The monoisotopic (exact) mass is 270 g/mol. The fourth-order valence-electron chi connectivity index (χ4n) is 1.38. The van der Waals surface area contributed by atoms with Crippen LogP contribution in [0.15, 0.2) is 30.3 Å². The third-order valence-electron chi connectivity index (χ3n) is 2.52. The molecule has 1 rings (SSSR count). The lowest BCUT2D eigenvalue weighted by Crippen LogP contribution is -2.51. The molecule has 0 bridgehead atoms. The smallest absolute Gasteiger partial charge is 0.265 e. The van der Waals surface area contributed by atoms with Gasteiger partial charge in [-0.2, -0.15) is 0 Å². The van der Waals surface area contributed by atoms with E-state index < -0.39 is 30.8 Å². The second kappa shape index (κ2) is 7.82. The Hall–Kier alpha value is -1.51. The summed E-state index contributed by atoms with van der Waals surface area (Å²) < 4.78 is 0. The first kappa shape index (κ1) is 15.5. The zero-order chi connectivity index (χ0) is 14.3. The third-order valence-corrected chi connectivity index (χ3v) is 2.52. The highest BCUT2D eigenvalue weighted by atomic mass is 16.4. The lowest BCUT2D eigenvalue weighted by molar-refractivity contribution is -0.143. The van der Waals surface area contributed by atoms with Gasteiger partial charge in [0.25, 0.3) is 5.91 Å². The lowest BCUT2D eigenvalue weighted by Gasteiger charge is -2.20. The van der Waals surface area contributed by atoms with E-state index in [2.05, 4.69) is 10.9 Å². The maximum absolute atomic E-state index is 11.4. The molecule has 106 valence electrons. The van der Waals surface area contributed by atoms with Crippen molar-refractivity contribution < 1.29 is 25.2 Å². The van der Waals surface area contributed by atoms with Crippen LogP contribution in [0.1, 0.15) is 5.56 Å². The minimum atomic E-state index is -1.83. The van der Waals surface area contributed by atoms with E-state index in [4.69, 9.17) is 10.2 Å². The zero-order valence-corrected chi connectivity index (χ0v) is 10.2. The van der Waals surface area contributed by atoms with Gasteiger partial charge in [0.15, 0.2) is 6.10 Å². The highest BCUT2D eigenvalue weighted by Crippen LogP contribution is 2.00. The van der Waals surface area contributed by atoms with Gasteiger partial charge in [0.05, 0.1) is 6.61 Å². The normalized spacial score (nSPS) is 15.6. The van der Waals surface area contributed by atoms with Crippen LogP contribution in [-0.4, -0.2) is 51.3 Å². The van der Waals surface area contributed by atoms with E-state index in [0.717, 1.165) is 5.56 Å². The number of aliphatic hydroxyl groups is 4. The van der Waals surface area contributed by atoms with Crippen molar-refractivity contribution >= 4 is 5.91 Å². The quantitative estimate of drug-likeness (QED) is 0.315. The number of hydrogen-bond acceptors (Lipinski definition) is 6. The van der Waals surface area contributed by atoms with Crippen LogP contribution in [-0.2, 0) is 11.3 Å². The maximum Gasteiger partial charge on any atom is 0.265 e. The average Bonchev–Trinajstić information content (AvgIpc) is 2.45. The molecule has 0 heterocycles. The second-order valence-electron chi connectivity index (χ2n) is 4.01. The highest BCUT2D eigenvalue weighted by molar-refractivity contribution is 5.80. The topological polar surface area (TPSA) is 122 Å². The van der Waals surface area contributed by atoms with E-state index >= 15 is 0 Å². The van der Waals surface area contributed by atoms with Crippen LogP contribution in [0.4, 0.5) is 0 Å². The van der Waals surface area contributed by atoms with Crippen LogP contribution in [0.2, 0.25) is 0 Å². The molecule has 0 aliphatic rings. The molecule has 6 N–H and O–H groups in total. The van der Waals surface area contributed by atoms with Crippen molar-refractivity contribution in [3.05, 3.63) is 35.9 Å². The van der Waals surface area contributed by atoms with Gasteiger partial charge in [-0.15, -0.1) is 0 Å². The van der Waals surface area contributed by atoms with Crippen molar-refractivity contribution in [3.63, 3.8) is 0 Å². The van der Waals surface area contributed by atoms with Crippen molar-refractivity contribution in [2.75, 3.05) is 6.61 Å². The van der Waals surface area contributed by atoms with E-state index in [1.165, 1.54) is 0 Å². The minimum absolute atomic E-state index is 0.345. The number of hydrazine groups is 1. The zero-order valence-electron chi connectivity index (χ0n) is 10.2. The molecule has 0 saturated carbocycles. The number of benzene rings is 1. The Kier molecular flexibility index (Phi) is 6.40. The Morgan fingerprint density at radius 2 is 1.79 bits per heavy atom. The van der Waals surface area contributed by atoms with Gasteiger partial charge in [0, 0.05) is 6.54 Å². The van der Waals surface area contributed by atoms with E-state index in [1.54, 1.807) is 0 Å². The molecule has 0 aliphatic heterocycles. The maximum atomic E-state index is 11.4. The van der Waals surface area contributed by atoms with Gasteiger partial charge in [0.1, 0.15) is 12.2 Å². The first-order chi connectivity index (χ1) is 9.06. The van der Waals surface area contributed by atoms with Gasteiger partial charge in [0.2, 0.25) is 0 Å². The van der Waals surface area contributed by atoms with E-state index in [0.29, 0.717) is 6.54 Å². The van der Waals surface area contributed by atoms with E-state index in [9.17, 15) is 15.0 Å². The van der Waals surface area contributed by atoms with Crippen molar-refractivity contribution in [2.24, 2.45) is 0 Å². The van der Waals surface area contributed by atoms with Gasteiger partial charge < -0.3 is 20.4 Å². The predicted octanol–water partition coefficient (Wildman–Crippen LogP) is -2.12. The molecular formula is C12H18N2O5. The lowest BCUT2D eigenvalue weighted by atomic mass is 10.1. The van der Waals surface area contributed by atoms with Crippen LogP contribution in [0.5, 0.6) is 0 Å². The fourth-order valence-corrected chi connectivity index (χ4v) is 1.38. The second-order valence-corrected chi connectivity index (χ2v) is 4.01. The molecule has 1 aromatic rings. The molecule has 1 amide bonds. The molecule has 7 nitrogen and oxygen atoms in total.